The molecule has 0 aromatic heterocycles. The molecule has 0 aliphatic heterocycles. The zero-order valence-electron chi connectivity index (χ0n) is 12.8. The Bertz CT molecular complexity index is 501. The Balaban J connectivity index is 2.19. The van der Waals surface area contributed by atoms with Gasteiger partial charge in [-0.25, -0.2) is 0 Å². The number of carboxylic acids is 1. The molecule has 6 nitrogen and oxygen atoms in total. The van der Waals surface area contributed by atoms with Gasteiger partial charge in [-0.3, -0.25) is 9.59 Å². The number of amides is 1. The average Bonchev–Trinajstić information content (AvgIpc) is 2.49. The van der Waals surface area contributed by atoms with Crippen LogP contribution in [0.1, 0.15) is 48.9 Å². The molecule has 22 heavy (non-hydrogen) atoms. The summed E-state index contributed by atoms with van der Waals surface area (Å²) < 4.78 is 4.96. The van der Waals surface area contributed by atoms with E-state index in [9.17, 15) is 14.7 Å². The van der Waals surface area contributed by atoms with Crippen molar-refractivity contribution >= 4 is 11.9 Å². The normalized spacial score (nSPS) is 10.2. The van der Waals surface area contributed by atoms with E-state index in [-0.39, 0.29) is 23.6 Å². The number of aliphatic carboxylic acids is 1. The molecule has 0 atom stereocenters. The number of unbranched alkanes of at least 4 members (excludes halogenated alkanes) is 4. The molecule has 0 spiro atoms. The SMILES string of the molecule is COc1ccc(C(=O)NCCCCCCCC(=O)O)c(O)c1. The molecule has 3 N–H and O–H groups in total. The molecule has 1 aromatic rings. The lowest BCUT2D eigenvalue weighted by atomic mass is 10.1. The molecule has 0 heterocycles. The van der Waals surface area contributed by atoms with Crippen LogP contribution in [0, 0.1) is 0 Å². The number of rotatable bonds is 10. The summed E-state index contributed by atoms with van der Waals surface area (Å²) in [4.78, 5) is 22.2. The van der Waals surface area contributed by atoms with Crippen LogP contribution in [-0.2, 0) is 4.79 Å². The molecule has 1 rings (SSSR count). The summed E-state index contributed by atoms with van der Waals surface area (Å²) in [6, 6.07) is 4.55. The average molecular weight is 309 g/mol. The molecule has 0 unspecified atom stereocenters. The fraction of sp³-hybridized carbons (Fsp3) is 0.500. The van der Waals surface area contributed by atoms with Gasteiger partial charge in [0.15, 0.2) is 0 Å². The van der Waals surface area contributed by atoms with Crippen molar-refractivity contribution in [2.75, 3.05) is 13.7 Å². The number of ether oxygens (including phenoxy) is 1. The van der Waals surface area contributed by atoms with E-state index in [0.29, 0.717) is 18.7 Å². The van der Waals surface area contributed by atoms with Crippen LogP contribution in [0.15, 0.2) is 18.2 Å². The lowest BCUT2D eigenvalue weighted by Gasteiger charge is -2.08. The number of benzene rings is 1. The summed E-state index contributed by atoms with van der Waals surface area (Å²) in [5.41, 5.74) is 0.224. The molecule has 122 valence electrons. The van der Waals surface area contributed by atoms with Gasteiger partial charge in [-0.05, 0) is 25.0 Å². The van der Waals surface area contributed by atoms with Crippen molar-refractivity contribution in [2.45, 2.75) is 38.5 Å². The fourth-order valence-corrected chi connectivity index (χ4v) is 2.06. The number of phenols is 1. The second-order valence-corrected chi connectivity index (χ2v) is 5.05. The van der Waals surface area contributed by atoms with Gasteiger partial charge in [0.1, 0.15) is 11.5 Å². The Morgan fingerprint density at radius 1 is 1.14 bits per heavy atom. The topological polar surface area (TPSA) is 95.9 Å². The molecule has 0 radical (unpaired) electrons. The van der Waals surface area contributed by atoms with E-state index in [0.717, 1.165) is 25.7 Å². The number of aromatic hydroxyl groups is 1. The van der Waals surface area contributed by atoms with Crippen molar-refractivity contribution in [3.8, 4) is 11.5 Å². The maximum Gasteiger partial charge on any atom is 0.303 e. The van der Waals surface area contributed by atoms with E-state index in [1.807, 2.05) is 0 Å². The van der Waals surface area contributed by atoms with E-state index in [2.05, 4.69) is 5.32 Å². The van der Waals surface area contributed by atoms with Crippen molar-refractivity contribution in [3.05, 3.63) is 23.8 Å². The highest BCUT2D eigenvalue weighted by Gasteiger charge is 2.11. The molecular formula is C16H23NO5. The summed E-state index contributed by atoms with van der Waals surface area (Å²) in [5.74, 6) is -0.682. The molecule has 1 amide bonds. The third-order valence-electron chi connectivity index (χ3n) is 3.30. The van der Waals surface area contributed by atoms with Gasteiger partial charge in [0.2, 0.25) is 0 Å². The van der Waals surface area contributed by atoms with Crippen molar-refractivity contribution < 1.29 is 24.5 Å². The second-order valence-electron chi connectivity index (χ2n) is 5.05. The summed E-state index contributed by atoms with van der Waals surface area (Å²) >= 11 is 0. The number of carboxylic acid groups (broad SMARTS) is 1. The number of carbonyl (C=O) groups excluding carboxylic acids is 1. The van der Waals surface area contributed by atoms with E-state index >= 15 is 0 Å². The van der Waals surface area contributed by atoms with Crippen LogP contribution in [0.5, 0.6) is 11.5 Å². The summed E-state index contributed by atoms with van der Waals surface area (Å²) in [6.45, 7) is 0.531. The molecule has 1 aromatic carbocycles. The van der Waals surface area contributed by atoms with Crippen LogP contribution in [0.3, 0.4) is 0 Å². The monoisotopic (exact) mass is 309 g/mol. The lowest BCUT2D eigenvalue weighted by molar-refractivity contribution is -0.137. The fourth-order valence-electron chi connectivity index (χ4n) is 2.06. The van der Waals surface area contributed by atoms with E-state index in [4.69, 9.17) is 9.84 Å². The van der Waals surface area contributed by atoms with Crippen LogP contribution in [0.25, 0.3) is 0 Å². The van der Waals surface area contributed by atoms with Crippen LogP contribution >= 0.6 is 0 Å². The predicted octanol–water partition coefficient (Wildman–Crippen LogP) is 2.56. The van der Waals surface area contributed by atoms with E-state index in [1.165, 1.54) is 19.2 Å². The van der Waals surface area contributed by atoms with Crippen molar-refractivity contribution in [3.63, 3.8) is 0 Å². The molecule has 0 saturated carbocycles. The van der Waals surface area contributed by atoms with Gasteiger partial charge in [-0.15, -0.1) is 0 Å². The molecule has 6 heteroatoms. The minimum absolute atomic E-state index is 0.106. The van der Waals surface area contributed by atoms with E-state index < -0.39 is 5.97 Å². The largest absolute Gasteiger partial charge is 0.507 e. The highest BCUT2D eigenvalue weighted by molar-refractivity contribution is 5.96. The van der Waals surface area contributed by atoms with Crippen LogP contribution in [0.2, 0.25) is 0 Å². The zero-order valence-corrected chi connectivity index (χ0v) is 12.8. The van der Waals surface area contributed by atoms with Crippen molar-refractivity contribution in [1.82, 2.24) is 5.32 Å². The zero-order chi connectivity index (χ0) is 16.4. The standard InChI is InChI=1S/C16H23NO5/c1-22-12-8-9-13(14(18)11-12)16(21)17-10-6-4-2-3-5-7-15(19)20/h8-9,11,18H,2-7,10H2,1H3,(H,17,21)(H,19,20). The molecule has 0 fully saturated rings. The first-order valence-corrected chi connectivity index (χ1v) is 7.41. The quantitative estimate of drug-likeness (QED) is 0.577. The maximum absolute atomic E-state index is 11.9. The highest BCUT2D eigenvalue weighted by atomic mass is 16.5. The first-order chi connectivity index (χ1) is 10.5. The highest BCUT2D eigenvalue weighted by Crippen LogP contribution is 2.23. The Labute approximate surface area is 130 Å². The molecule has 0 aliphatic carbocycles. The Morgan fingerprint density at radius 2 is 1.82 bits per heavy atom. The maximum atomic E-state index is 11.9. The van der Waals surface area contributed by atoms with Gasteiger partial charge in [-0.2, -0.15) is 0 Å². The number of nitrogens with one attached hydrogen (secondary N) is 1. The summed E-state index contributed by atoms with van der Waals surface area (Å²) in [5, 5.41) is 21.0. The number of hydrogen-bond acceptors (Lipinski definition) is 4. The number of phenolic OH excluding ortho intramolecular Hbond substituents is 1. The Kier molecular flexibility index (Phi) is 7.81. The lowest BCUT2D eigenvalue weighted by Crippen LogP contribution is -2.24. The Morgan fingerprint density at radius 3 is 2.45 bits per heavy atom. The predicted molar refractivity (Wildman–Crippen MR) is 82.3 cm³/mol. The van der Waals surface area contributed by atoms with Crippen molar-refractivity contribution in [1.29, 1.82) is 0 Å². The van der Waals surface area contributed by atoms with Crippen LogP contribution in [0.4, 0.5) is 0 Å². The Hall–Kier alpha value is -2.24. The molecular weight excluding hydrogens is 286 g/mol. The summed E-state index contributed by atoms with van der Waals surface area (Å²) in [7, 11) is 1.49. The first-order valence-electron chi connectivity index (χ1n) is 7.41. The number of hydrogen-bond donors (Lipinski definition) is 3. The van der Waals surface area contributed by atoms with Crippen LogP contribution in [-0.4, -0.2) is 35.7 Å². The third kappa shape index (κ3) is 6.47. The molecule has 0 saturated heterocycles. The third-order valence-corrected chi connectivity index (χ3v) is 3.30. The summed E-state index contributed by atoms with van der Waals surface area (Å²) in [6.07, 6.45) is 4.52. The van der Waals surface area contributed by atoms with Gasteiger partial charge >= 0.3 is 5.97 Å². The van der Waals surface area contributed by atoms with Gasteiger partial charge in [-0.1, -0.05) is 19.3 Å². The second kappa shape index (κ2) is 9.65. The number of carbonyl (C=O) groups is 2. The van der Waals surface area contributed by atoms with E-state index in [1.54, 1.807) is 6.07 Å². The van der Waals surface area contributed by atoms with Gasteiger partial charge in [0.05, 0.1) is 12.7 Å². The van der Waals surface area contributed by atoms with Gasteiger partial charge < -0.3 is 20.3 Å². The number of methoxy groups -OCH3 is 1. The van der Waals surface area contributed by atoms with Gasteiger partial charge in [0, 0.05) is 19.0 Å². The first kappa shape index (κ1) is 17.8. The van der Waals surface area contributed by atoms with Gasteiger partial charge in [0.25, 0.3) is 5.91 Å². The minimum Gasteiger partial charge on any atom is -0.507 e. The van der Waals surface area contributed by atoms with Crippen molar-refractivity contribution in [2.24, 2.45) is 0 Å². The molecule has 0 bridgehead atoms. The molecule has 0 aliphatic rings. The minimum atomic E-state index is -0.758. The van der Waals surface area contributed by atoms with Crippen LogP contribution < -0.4 is 10.1 Å². The smallest absolute Gasteiger partial charge is 0.303 e.